The molecule has 4 rings (SSSR count). The first kappa shape index (κ1) is 22.2. The Morgan fingerprint density at radius 1 is 1.28 bits per heavy atom. The molecule has 1 aliphatic heterocycles. The Morgan fingerprint density at radius 2 is 2.06 bits per heavy atom. The van der Waals surface area contributed by atoms with Crippen LogP contribution in [0, 0.1) is 12.8 Å². The Balaban J connectivity index is 1.40. The molecule has 1 saturated heterocycles. The summed E-state index contributed by atoms with van der Waals surface area (Å²) < 4.78 is 5.40. The number of aryl methyl sites for hydroxylation is 1. The summed E-state index contributed by atoms with van der Waals surface area (Å²) in [6.07, 6.45) is 3.33. The highest BCUT2D eigenvalue weighted by molar-refractivity contribution is 7.13. The predicted octanol–water partition coefficient (Wildman–Crippen LogP) is 4.15. The van der Waals surface area contributed by atoms with E-state index >= 15 is 0 Å². The van der Waals surface area contributed by atoms with Crippen LogP contribution in [0.25, 0.3) is 10.4 Å². The molecule has 168 valence electrons. The van der Waals surface area contributed by atoms with Gasteiger partial charge in [-0.2, -0.15) is 0 Å². The fourth-order valence-corrected chi connectivity index (χ4v) is 4.83. The Hall–Kier alpha value is -3.00. The van der Waals surface area contributed by atoms with E-state index in [1.807, 2.05) is 62.8 Å². The molecule has 1 unspecified atom stereocenters. The maximum atomic E-state index is 13.4. The fourth-order valence-electron chi connectivity index (χ4n) is 4.20. The second-order valence-electron chi connectivity index (χ2n) is 8.56. The molecule has 0 radical (unpaired) electrons. The summed E-state index contributed by atoms with van der Waals surface area (Å²) in [6, 6.07) is 9.44. The monoisotopic (exact) mass is 452 g/mol. The van der Waals surface area contributed by atoms with Crippen LogP contribution in [0.2, 0.25) is 0 Å². The van der Waals surface area contributed by atoms with Crippen LogP contribution in [0.15, 0.2) is 46.6 Å². The Kier molecular flexibility index (Phi) is 6.69. The van der Waals surface area contributed by atoms with Crippen LogP contribution in [0.3, 0.4) is 0 Å². The zero-order valence-electron chi connectivity index (χ0n) is 18.6. The number of nitrogens with zero attached hydrogens (tertiary/aromatic N) is 3. The van der Waals surface area contributed by atoms with Gasteiger partial charge in [-0.3, -0.25) is 14.6 Å². The summed E-state index contributed by atoms with van der Waals surface area (Å²) in [5.74, 6) is -0.0176. The Morgan fingerprint density at radius 3 is 2.69 bits per heavy atom. The number of thiazole rings is 1. The molecule has 3 heterocycles. The average molecular weight is 453 g/mol. The number of carbonyl (C=O) groups excluding carboxylic acids is 2. The van der Waals surface area contributed by atoms with Crippen molar-refractivity contribution in [3.63, 3.8) is 0 Å². The maximum Gasteiger partial charge on any atom is 0.243 e. The van der Waals surface area contributed by atoms with Crippen molar-refractivity contribution in [2.24, 2.45) is 5.92 Å². The van der Waals surface area contributed by atoms with Gasteiger partial charge < -0.3 is 14.7 Å². The van der Waals surface area contributed by atoms with Crippen LogP contribution >= 0.6 is 11.3 Å². The number of rotatable bonds is 7. The van der Waals surface area contributed by atoms with Crippen molar-refractivity contribution in [2.45, 2.75) is 52.1 Å². The number of hydrogen-bond acceptors (Lipinski definition) is 6. The highest BCUT2D eigenvalue weighted by Crippen LogP contribution is 2.31. The number of nitrogens with one attached hydrogen (secondary N) is 1. The molecule has 0 bridgehead atoms. The van der Waals surface area contributed by atoms with E-state index in [1.165, 1.54) is 0 Å². The van der Waals surface area contributed by atoms with Gasteiger partial charge in [0.25, 0.3) is 0 Å². The molecule has 2 amide bonds. The SMILES string of the molecule is Cc1cc(C(C(=O)N2CCC[C@H]2C(=O)NCc2ccc(-c3cncs3)cc2)C(C)C)on1. The largest absolute Gasteiger partial charge is 0.360 e. The van der Waals surface area contributed by atoms with E-state index in [1.54, 1.807) is 16.2 Å². The third-order valence-electron chi connectivity index (χ3n) is 5.86. The van der Waals surface area contributed by atoms with Crippen LogP contribution in [0.1, 0.15) is 49.6 Å². The van der Waals surface area contributed by atoms with E-state index in [-0.39, 0.29) is 17.7 Å². The lowest BCUT2D eigenvalue weighted by Crippen LogP contribution is -2.47. The van der Waals surface area contributed by atoms with Crippen LogP contribution < -0.4 is 5.32 Å². The Bertz CT molecular complexity index is 1060. The lowest BCUT2D eigenvalue weighted by molar-refractivity contribution is -0.140. The molecule has 0 spiro atoms. The van der Waals surface area contributed by atoms with Crippen molar-refractivity contribution in [3.8, 4) is 10.4 Å². The van der Waals surface area contributed by atoms with E-state index in [0.717, 1.165) is 28.1 Å². The van der Waals surface area contributed by atoms with Crippen molar-refractivity contribution in [2.75, 3.05) is 6.54 Å². The normalized spacial score (nSPS) is 17.0. The van der Waals surface area contributed by atoms with Crippen LogP contribution in [0.4, 0.5) is 0 Å². The topological polar surface area (TPSA) is 88.3 Å². The molecule has 2 aromatic heterocycles. The van der Waals surface area contributed by atoms with Gasteiger partial charge in [-0.15, -0.1) is 11.3 Å². The zero-order valence-corrected chi connectivity index (χ0v) is 19.4. The van der Waals surface area contributed by atoms with Gasteiger partial charge in [-0.25, -0.2) is 0 Å². The smallest absolute Gasteiger partial charge is 0.243 e. The van der Waals surface area contributed by atoms with Crippen LogP contribution in [-0.4, -0.2) is 39.4 Å². The third kappa shape index (κ3) is 4.75. The van der Waals surface area contributed by atoms with Gasteiger partial charge in [0.2, 0.25) is 11.8 Å². The van der Waals surface area contributed by atoms with Gasteiger partial charge in [0, 0.05) is 25.4 Å². The molecular weight excluding hydrogens is 424 g/mol. The van der Waals surface area contributed by atoms with Crippen molar-refractivity contribution in [1.82, 2.24) is 20.4 Å². The van der Waals surface area contributed by atoms with E-state index in [2.05, 4.69) is 15.5 Å². The lowest BCUT2D eigenvalue weighted by Gasteiger charge is -2.28. The standard InChI is InChI=1S/C24H28N4O3S/c1-15(2)22(20-11-16(3)27-31-20)24(30)28-10-4-5-19(28)23(29)26-12-17-6-8-18(9-7-17)21-13-25-14-32-21/h6-9,11,13-15,19,22H,4-5,10,12H2,1-3H3,(H,26,29)/t19-,22?/m0/s1. The molecule has 1 aromatic carbocycles. The van der Waals surface area contributed by atoms with Gasteiger partial charge in [-0.05, 0) is 36.8 Å². The first-order chi connectivity index (χ1) is 15.4. The fraction of sp³-hybridized carbons (Fsp3) is 0.417. The van der Waals surface area contributed by atoms with Crippen molar-refractivity contribution < 1.29 is 14.1 Å². The second kappa shape index (κ2) is 9.65. The third-order valence-corrected chi connectivity index (χ3v) is 6.68. The minimum Gasteiger partial charge on any atom is -0.360 e. The second-order valence-corrected chi connectivity index (χ2v) is 9.45. The van der Waals surface area contributed by atoms with Gasteiger partial charge in [-0.1, -0.05) is 43.3 Å². The van der Waals surface area contributed by atoms with E-state index in [9.17, 15) is 9.59 Å². The number of hydrogen-bond donors (Lipinski definition) is 1. The summed E-state index contributed by atoms with van der Waals surface area (Å²) in [5.41, 5.74) is 4.68. The molecule has 0 aliphatic carbocycles. The summed E-state index contributed by atoms with van der Waals surface area (Å²) >= 11 is 1.59. The molecular formula is C24H28N4O3S. The van der Waals surface area contributed by atoms with Crippen LogP contribution in [0.5, 0.6) is 0 Å². The number of benzene rings is 1. The summed E-state index contributed by atoms with van der Waals surface area (Å²) in [5, 5.41) is 6.95. The van der Waals surface area contributed by atoms with Gasteiger partial charge in [0.15, 0.2) is 0 Å². The first-order valence-electron chi connectivity index (χ1n) is 10.9. The molecule has 1 aliphatic rings. The molecule has 0 saturated carbocycles. The summed E-state index contributed by atoms with van der Waals surface area (Å²) in [6.45, 7) is 6.82. The summed E-state index contributed by atoms with van der Waals surface area (Å²) in [7, 11) is 0. The molecule has 8 heteroatoms. The quantitative estimate of drug-likeness (QED) is 0.582. The number of amides is 2. The van der Waals surface area contributed by atoms with Crippen molar-refractivity contribution in [1.29, 1.82) is 0 Å². The average Bonchev–Trinajstić information content (AvgIpc) is 3.54. The minimum atomic E-state index is -0.454. The number of likely N-dealkylation sites (tertiary alicyclic amines) is 1. The number of aromatic nitrogens is 2. The van der Waals surface area contributed by atoms with E-state index < -0.39 is 12.0 Å². The Labute approximate surface area is 191 Å². The minimum absolute atomic E-state index is 0.0382. The predicted molar refractivity (Wildman–Crippen MR) is 123 cm³/mol. The van der Waals surface area contributed by atoms with Gasteiger partial charge >= 0.3 is 0 Å². The van der Waals surface area contributed by atoms with E-state index in [4.69, 9.17) is 4.52 Å². The molecule has 7 nitrogen and oxygen atoms in total. The first-order valence-corrected chi connectivity index (χ1v) is 11.8. The van der Waals surface area contributed by atoms with Crippen LogP contribution in [-0.2, 0) is 16.1 Å². The lowest BCUT2D eigenvalue weighted by atomic mass is 9.91. The number of carbonyl (C=O) groups is 2. The summed E-state index contributed by atoms with van der Waals surface area (Å²) in [4.78, 5) is 33.3. The highest BCUT2D eigenvalue weighted by Gasteiger charge is 2.39. The van der Waals surface area contributed by atoms with Crippen molar-refractivity contribution >= 4 is 23.2 Å². The van der Waals surface area contributed by atoms with Gasteiger partial charge in [0.05, 0.1) is 16.1 Å². The molecule has 2 atom stereocenters. The molecule has 1 fully saturated rings. The highest BCUT2D eigenvalue weighted by atomic mass is 32.1. The molecule has 3 aromatic rings. The van der Waals surface area contributed by atoms with E-state index in [0.29, 0.717) is 25.3 Å². The zero-order chi connectivity index (χ0) is 22.7. The molecule has 1 N–H and O–H groups in total. The van der Waals surface area contributed by atoms with Crippen molar-refractivity contribution in [3.05, 3.63) is 59.1 Å². The van der Waals surface area contributed by atoms with Gasteiger partial charge in [0.1, 0.15) is 17.7 Å². The molecule has 32 heavy (non-hydrogen) atoms. The maximum absolute atomic E-state index is 13.4.